The van der Waals surface area contributed by atoms with Crippen molar-refractivity contribution in [1.29, 1.82) is 0 Å². The second kappa shape index (κ2) is 12.3. The van der Waals surface area contributed by atoms with Gasteiger partial charge in [-0.2, -0.15) is 4.39 Å². The van der Waals surface area contributed by atoms with Crippen molar-refractivity contribution in [1.82, 2.24) is 9.88 Å². The number of ether oxygens (including phenoxy) is 3. The fourth-order valence-electron chi connectivity index (χ4n) is 4.28. The molecule has 0 bridgehead atoms. The molecule has 1 fully saturated rings. The first kappa shape index (κ1) is 27.4. The third kappa shape index (κ3) is 7.92. The molecular formula is C30H36FN3O4. The Labute approximate surface area is 224 Å². The monoisotopic (exact) mass is 521 g/mol. The number of hydrogen-bond donors (Lipinski definition) is 0. The van der Waals surface area contributed by atoms with Gasteiger partial charge in [-0.15, -0.1) is 0 Å². The molecule has 1 aromatic heterocycles. The van der Waals surface area contributed by atoms with Crippen molar-refractivity contribution in [2.24, 2.45) is 0 Å². The molecule has 2 heterocycles. The number of rotatable bonds is 10. The molecule has 1 aliphatic rings. The molecule has 0 amide bonds. The summed E-state index contributed by atoms with van der Waals surface area (Å²) in [5.41, 5.74) is 2.78. The Hall–Kier alpha value is -3.65. The third-order valence-corrected chi connectivity index (χ3v) is 6.02. The minimum Gasteiger partial charge on any atom is -0.489 e. The van der Waals surface area contributed by atoms with Gasteiger partial charge in [0.05, 0.1) is 6.10 Å². The van der Waals surface area contributed by atoms with Crippen LogP contribution in [-0.2, 0) is 17.9 Å². The molecule has 8 heteroatoms. The highest BCUT2D eigenvalue weighted by molar-refractivity contribution is 5.94. The first-order valence-electron chi connectivity index (χ1n) is 13.0. The van der Waals surface area contributed by atoms with Crippen LogP contribution in [0.2, 0.25) is 0 Å². The molecule has 0 saturated carbocycles. The number of piperazine rings is 1. The Bertz CT molecular complexity index is 1200. The third-order valence-electron chi connectivity index (χ3n) is 6.02. The van der Waals surface area contributed by atoms with Crippen LogP contribution in [0.15, 0.2) is 66.9 Å². The van der Waals surface area contributed by atoms with Crippen molar-refractivity contribution in [3.63, 3.8) is 0 Å². The van der Waals surface area contributed by atoms with E-state index in [-0.39, 0.29) is 12.1 Å². The van der Waals surface area contributed by atoms with Crippen LogP contribution in [0.5, 0.6) is 11.5 Å². The molecule has 1 saturated heterocycles. The first-order chi connectivity index (χ1) is 18.2. The van der Waals surface area contributed by atoms with Gasteiger partial charge in [0, 0.05) is 58.8 Å². The van der Waals surface area contributed by atoms with E-state index in [0.717, 1.165) is 38.3 Å². The minimum absolute atomic E-state index is 0.175. The van der Waals surface area contributed by atoms with Gasteiger partial charge in [-0.05, 0) is 49.2 Å². The van der Waals surface area contributed by atoms with Crippen LogP contribution in [0.4, 0.5) is 10.2 Å². The van der Waals surface area contributed by atoms with Gasteiger partial charge in [0.1, 0.15) is 29.5 Å². The molecule has 0 unspecified atom stereocenters. The van der Waals surface area contributed by atoms with Crippen LogP contribution in [0.1, 0.15) is 49.2 Å². The summed E-state index contributed by atoms with van der Waals surface area (Å²) in [6.07, 6.45) is 1.54. The molecule has 0 radical (unpaired) electrons. The zero-order valence-corrected chi connectivity index (χ0v) is 22.5. The Morgan fingerprint density at radius 2 is 1.66 bits per heavy atom. The summed E-state index contributed by atoms with van der Waals surface area (Å²) >= 11 is 0. The summed E-state index contributed by atoms with van der Waals surface area (Å²) < 4.78 is 30.3. The molecule has 2 aromatic carbocycles. The van der Waals surface area contributed by atoms with E-state index in [1.54, 1.807) is 36.5 Å². The number of carbonyl (C=O) groups is 1. The highest BCUT2D eigenvalue weighted by atomic mass is 19.2. The Balaban J connectivity index is 1.27. The second-order valence-electron chi connectivity index (χ2n) is 10.1. The van der Waals surface area contributed by atoms with E-state index in [2.05, 4.69) is 39.0 Å². The molecule has 0 atom stereocenters. The summed E-state index contributed by atoms with van der Waals surface area (Å²) in [5.74, 6) is -0.335. The van der Waals surface area contributed by atoms with E-state index in [1.807, 2.05) is 19.9 Å². The van der Waals surface area contributed by atoms with Crippen LogP contribution in [0.3, 0.4) is 0 Å². The maximum atomic E-state index is 13.8. The van der Waals surface area contributed by atoms with Crippen molar-refractivity contribution in [3.8, 4) is 11.5 Å². The SMILES string of the molecule is CC(C)OC(=O)c1cccnc1N1CCN(Cc2ccc(COc3cccc(OC(C)(C)F)c3)cc2)CC1. The second-order valence-corrected chi connectivity index (χ2v) is 10.1. The largest absolute Gasteiger partial charge is 0.489 e. The molecule has 3 aromatic rings. The van der Waals surface area contributed by atoms with E-state index in [1.165, 1.54) is 19.4 Å². The lowest BCUT2D eigenvalue weighted by Gasteiger charge is -2.36. The molecule has 38 heavy (non-hydrogen) atoms. The summed E-state index contributed by atoms with van der Waals surface area (Å²) in [4.78, 5) is 21.5. The lowest BCUT2D eigenvalue weighted by Crippen LogP contribution is -2.46. The standard InChI is InChI=1S/C30H36FN3O4/c1-22(2)37-29(35)27-9-6-14-32-28(27)34-17-15-33(16-18-34)20-23-10-12-24(13-11-23)21-36-25-7-5-8-26(19-25)38-30(3,4)31/h5-14,19,22H,15-18,20-21H2,1-4H3. The zero-order chi connectivity index (χ0) is 27.1. The molecule has 0 aliphatic carbocycles. The lowest BCUT2D eigenvalue weighted by molar-refractivity contribution is -0.0258. The van der Waals surface area contributed by atoms with Gasteiger partial charge in [-0.3, -0.25) is 4.90 Å². The van der Waals surface area contributed by atoms with Crippen molar-refractivity contribution in [3.05, 3.63) is 83.6 Å². The van der Waals surface area contributed by atoms with Crippen LogP contribution in [0.25, 0.3) is 0 Å². The topological polar surface area (TPSA) is 64.1 Å². The predicted molar refractivity (Wildman–Crippen MR) is 145 cm³/mol. The van der Waals surface area contributed by atoms with Gasteiger partial charge >= 0.3 is 5.97 Å². The van der Waals surface area contributed by atoms with Crippen LogP contribution >= 0.6 is 0 Å². The molecular weight excluding hydrogens is 485 g/mol. The number of anilines is 1. The first-order valence-corrected chi connectivity index (χ1v) is 13.0. The van der Waals surface area contributed by atoms with Crippen LogP contribution < -0.4 is 14.4 Å². The number of esters is 1. The van der Waals surface area contributed by atoms with Crippen molar-refractivity contribution in [2.45, 2.75) is 52.8 Å². The smallest absolute Gasteiger partial charge is 0.342 e. The molecule has 0 spiro atoms. The van der Waals surface area contributed by atoms with Crippen molar-refractivity contribution >= 4 is 11.8 Å². The summed E-state index contributed by atoms with van der Waals surface area (Å²) in [5, 5.41) is 0. The number of benzene rings is 2. The number of hydrogen-bond acceptors (Lipinski definition) is 7. The molecule has 0 N–H and O–H groups in total. The molecule has 1 aliphatic heterocycles. The highest BCUT2D eigenvalue weighted by Gasteiger charge is 2.24. The van der Waals surface area contributed by atoms with Crippen molar-refractivity contribution < 1.29 is 23.4 Å². The Morgan fingerprint density at radius 3 is 2.34 bits per heavy atom. The van der Waals surface area contributed by atoms with Gasteiger partial charge in [-0.1, -0.05) is 30.3 Å². The van der Waals surface area contributed by atoms with Gasteiger partial charge in [0.2, 0.25) is 5.85 Å². The average molecular weight is 522 g/mol. The van der Waals surface area contributed by atoms with Crippen LogP contribution in [0, 0.1) is 0 Å². The van der Waals surface area contributed by atoms with E-state index in [0.29, 0.717) is 29.5 Å². The highest BCUT2D eigenvalue weighted by Crippen LogP contribution is 2.25. The number of pyridine rings is 1. The Morgan fingerprint density at radius 1 is 0.974 bits per heavy atom. The number of aromatic nitrogens is 1. The minimum atomic E-state index is -1.75. The van der Waals surface area contributed by atoms with Gasteiger partial charge in [-0.25, -0.2) is 9.78 Å². The molecule has 4 rings (SSSR count). The zero-order valence-electron chi connectivity index (χ0n) is 22.5. The summed E-state index contributed by atoms with van der Waals surface area (Å²) in [6.45, 7) is 11.0. The number of nitrogens with zero attached hydrogens (tertiary/aromatic N) is 3. The average Bonchev–Trinajstić information content (AvgIpc) is 2.88. The fourth-order valence-corrected chi connectivity index (χ4v) is 4.28. The lowest BCUT2D eigenvalue weighted by atomic mass is 10.1. The Kier molecular flexibility index (Phi) is 8.84. The summed E-state index contributed by atoms with van der Waals surface area (Å²) in [7, 11) is 0. The van der Waals surface area contributed by atoms with E-state index in [4.69, 9.17) is 14.2 Å². The van der Waals surface area contributed by atoms with Gasteiger partial charge in [0.25, 0.3) is 0 Å². The predicted octanol–water partition coefficient (Wildman–Crippen LogP) is 5.63. The van der Waals surface area contributed by atoms with Crippen molar-refractivity contribution in [2.75, 3.05) is 31.1 Å². The molecule has 7 nitrogen and oxygen atoms in total. The number of alkyl halides is 1. The normalized spacial score (nSPS) is 14.4. The number of carbonyl (C=O) groups excluding carboxylic acids is 1. The number of halogens is 1. The van der Waals surface area contributed by atoms with Gasteiger partial charge in [0.15, 0.2) is 0 Å². The maximum absolute atomic E-state index is 13.8. The quantitative estimate of drug-likeness (QED) is 0.320. The fraction of sp³-hybridized carbons (Fsp3) is 0.400. The van der Waals surface area contributed by atoms with Gasteiger partial charge < -0.3 is 19.1 Å². The summed E-state index contributed by atoms with van der Waals surface area (Å²) in [6, 6.07) is 18.9. The van der Waals surface area contributed by atoms with E-state index in [9.17, 15) is 9.18 Å². The van der Waals surface area contributed by atoms with E-state index < -0.39 is 5.85 Å². The van der Waals surface area contributed by atoms with Crippen LogP contribution in [-0.4, -0.2) is 54.0 Å². The van der Waals surface area contributed by atoms with E-state index >= 15 is 0 Å². The maximum Gasteiger partial charge on any atom is 0.342 e. The molecule has 202 valence electrons.